The molecule has 0 saturated heterocycles. The van der Waals surface area contributed by atoms with E-state index in [1.54, 1.807) is 19.1 Å². The summed E-state index contributed by atoms with van der Waals surface area (Å²) in [4.78, 5) is 0. The van der Waals surface area contributed by atoms with Crippen molar-refractivity contribution in [2.75, 3.05) is 0 Å². The summed E-state index contributed by atoms with van der Waals surface area (Å²) in [6.07, 6.45) is 0. The van der Waals surface area contributed by atoms with E-state index in [4.69, 9.17) is 5.73 Å². The number of hydrogen-bond donors (Lipinski definition) is 1. The molecule has 2 aromatic carbocycles. The van der Waals surface area contributed by atoms with E-state index in [1.165, 1.54) is 5.56 Å². The van der Waals surface area contributed by atoms with Crippen LogP contribution < -0.4 is 5.73 Å². The van der Waals surface area contributed by atoms with E-state index < -0.39 is 6.04 Å². The second kappa shape index (κ2) is 4.68. The van der Waals surface area contributed by atoms with Gasteiger partial charge in [-0.05, 0) is 25.0 Å². The zero-order valence-electron chi connectivity index (χ0n) is 10.1. The smallest absolute Gasteiger partial charge is 0.131 e. The molecule has 0 saturated carbocycles. The molecule has 0 bridgehead atoms. The van der Waals surface area contributed by atoms with E-state index in [1.807, 2.05) is 37.3 Å². The maximum absolute atomic E-state index is 13.9. The number of nitrogens with two attached hydrogens (primary N) is 1. The zero-order chi connectivity index (χ0) is 12.4. The first kappa shape index (κ1) is 11.8. The van der Waals surface area contributed by atoms with Gasteiger partial charge >= 0.3 is 0 Å². The minimum atomic E-state index is -0.407. The molecule has 2 N–H and O–H groups in total. The van der Waals surface area contributed by atoms with Crippen molar-refractivity contribution in [1.29, 1.82) is 0 Å². The fraction of sp³-hybridized carbons (Fsp3) is 0.200. The highest BCUT2D eigenvalue weighted by molar-refractivity contribution is 5.35. The molecule has 2 rings (SSSR count). The number of rotatable bonds is 2. The summed E-state index contributed by atoms with van der Waals surface area (Å²) in [7, 11) is 0. The minimum Gasteiger partial charge on any atom is -0.320 e. The molecule has 17 heavy (non-hydrogen) atoms. The summed E-state index contributed by atoms with van der Waals surface area (Å²) >= 11 is 0. The average Bonchev–Trinajstić information content (AvgIpc) is 2.33. The monoisotopic (exact) mass is 229 g/mol. The Labute approximate surface area is 101 Å². The summed E-state index contributed by atoms with van der Waals surface area (Å²) in [6, 6.07) is 12.8. The molecule has 0 fully saturated rings. The summed E-state index contributed by atoms with van der Waals surface area (Å²) in [6.45, 7) is 3.77. The molecular weight excluding hydrogens is 213 g/mol. The van der Waals surface area contributed by atoms with Crippen molar-refractivity contribution in [3.05, 3.63) is 70.5 Å². The first-order chi connectivity index (χ1) is 8.09. The summed E-state index contributed by atoms with van der Waals surface area (Å²) < 4.78 is 13.9. The molecule has 0 aliphatic carbocycles. The van der Waals surface area contributed by atoms with Gasteiger partial charge in [-0.2, -0.15) is 0 Å². The average molecular weight is 229 g/mol. The standard InChI is InChI=1S/C15H16FN/c1-10-6-8-12(9-7-10)15(17)13-5-3-4-11(2)14(13)16/h3-9,15H,17H2,1-2H3. The van der Waals surface area contributed by atoms with Gasteiger partial charge in [0.1, 0.15) is 5.82 Å². The maximum atomic E-state index is 13.9. The molecule has 0 heterocycles. The Hall–Kier alpha value is -1.67. The van der Waals surface area contributed by atoms with Crippen molar-refractivity contribution in [2.45, 2.75) is 19.9 Å². The topological polar surface area (TPSA) is 26.0 Å². The Morgan fingerprint density at radius 1 is 1.00 bits per heavy atom. The molecule has 0 spiro atoms. The van der Waals surface area contributed by atoms with E-state index in [2.05, 4.69) is 0 Å². The lowest BCUT2D eigenvalue weighted by molar-refractivity contribution is 0.591. The Morgan fingerprint density at radius 2 is 1.65 bits per heavy atom. The lowest BCUT2D eigenvalue weighted by Gasteiger charge is -2.14. The molecule has 0 aliphatic heterocycles. The van der Waals surface area contributed by atoms with Crippen LogP contribution in [0.15, 0.2) is 42.5 Å². The maximum Gasteiger partial charge on any atom is 0.131 e. The largest absolute Gasteiger partial charge is 0.320 e. The van der Waals surface area contributed by atoms with Crippen molar-refractivity contribution in [3.8, 4) is 0 Å². The second-order valence-electron chi connectivity index (χ2n) is 4.37. The third-order valence-electron chi connectivity index (χ3n) is 2.99. The van der Waals surface area contributed by atoms with Crippen LogP contribution in [0.25, 0.3) is 0 Å². The molecule has 1 nitrogen and oxygen atoms in total. The van der Waals surface area contributed by atoms with Gasteiger partial charge in [0.15, 0.2) is 0 Å². The van der Waals surface area contributed by atoms with Crippen LogP contribution in [0.4, 0.5) is 4.39 Å². The van der Waals surface area contributed by atoms with Crippen molar-refractivity contribution in [2.24, 2.45) is 5.73 Å². The minimum absolute atomic E-state index is 0.208. The number of aryl methyl sites for hydroxylation is 2. The fourth-order valence-electron chi connectivity index (χ4n) is 1.86. The van der Waals surface area contributed by atoms with Gasteiger partial charge in [-0.3, -0.25) is 0 Å². The van der Waals surface area contributed by atoms with Crippen molar-refractivity contribution in [1.82, 2.24) is 0 Å². The van der Waals surface area contributed by atoms with Gasteiger partial charge in [-0.25, -0.2) is 4.39 Å². The SMILES string of the molecule is Cc1ccc(C(N)c2cccc(C)c2F)cc1. The van der Waals surface area contributed by atoms with Crippen LogP contribution in [0.1, 0.15) is 28.3 Å². The molecule has 0 radical (unpaired) electrons. The van der Waals surface area contributed by atoms with E-state index in [9.17, 15) is 4.39 Å². The Morgan fingerprint density at radius 3 is 2.29 bits per heavy atom. The third-order valence-corrected chi connectivity index (χ3v) is 2.99. The van der Waals surface area contributed by atoms with Gasteiger partial charge in [-0.1, -0.05) is 48.0 Å². The van der Waals surface area contributed by atoms with Gasteiger partial charge in [-0.15, -0.1) is 0 Å². The lowest BCUT2D eigenvalue weighted by Crippen LogP contribution is -2.14. The zero-order valence-corrected chi connectivity index (χ0v) is 10.1. The molecular formula is C15H16FN. The Balaban J connectivity index is 2.40. The Bertz CT molecular complexity index is 517. The van der Waals surface area contributed by atoms with Crippen LogP contribution in [-0.4, -0.2) is 0 Å². The van der Waals surface area contributed by atoms with Crippen LogP contribution >= 0.6 is 0 Å². The van der Waals surface area contributed by atoms with E-state index in [0.29, 0.717) is 11.1 Å². The van der Waals surface area contributed by atoms with Crippen molar-refractivity contribution < 1.29 is 4.39 Å². The summed E-state index contributed by atoms with van der Waals surface area (Å²) in [5.74, 6) is -0.208. The van der Waals surface area contributed by atoms with E-state index in [0.717, 1.165) is 5.56 Å². The quantitative estimate of drug-likeness (QED) is 0.838. The van der Waals surface area contributed by atoms with E-state index in [-0.39, 0.29) is 5.82 Å². The summed E-state index contributed by atoms with van der Waals surface area (Å²) in [5.41, 5.74) is 9.38. The Kier molecular flexibility index (Phi) is 3.25. The molecule has 1 atom stereocenters. The van der Waals surface area contributed by atoms with Crippen LogP contribution in [0.2, 0.25) is 0 Å². The molecule has 0 amide bonds. The normalized spacial score (nSPS) is 12.5. The van der Waals surface area contributed by atoms with Gasteiger partial charge in [0.25, 0.3) is 0 Å². The first-order valence-electron chi connectivity index (χ1n) is 5.67. The number of hydrogen-bond acceptors (Lipinski definition) is 1. The van der Waals surface area contributed by atoms with Crippen LogP contribution in [-0.2, 0) is 0 Å². The van der Waals surface area contributed by atoms with Crippen LogP contribution in [0.5, 0.6) is 0 Å². The van der Waals surface area contributed by atoms with Crippen molar-refractivity contribution in [3.63, 3.8) is 0 Å². The highest BCUT2D eigenvalue weighted by Crippen LogP contribution is 2.23. The third kappa shape index (κ3) is 2.37. The van der Waals surface area contributed by atoms with Gasteiger partial charge in [0.2, 0.25) is 0 Å². The van der Waals surface area contributed by atoms with Gasteiger partial charge in [0.05, 0.1) is 6.04 Å². The number of benzene rings is 2. The fourth-order valence-corrected chi connectivity index (χ4v) is 1.86. The predicted octanol–water partition coefficient (Wildman–Crippen LogP) is 3.49. The van der Waals surface area contributed by atoms with Crippen LogP contribution in [0, 0.1) is 19.7 Å². The lowest BCUT2D eigenvalue weighted by atomic mass is 9.97. The second-order valence-corrected chi connectivity index (χ2v) is 4.37. The van der Waals surface area contributed by atoms with Crippen LogP contribution in [0.3, 0.4) is 0 Å². The molecule has 0 aliphatic rings. The van der Waals surface area contributed by atoms with Gasteiger partial charge in [0, 0.05) is 5.56 Å². The van der Waals surface area contributed by atoms with E-state index >= 15 is 0 Å². The summed E-state index contributed by atoms with van der Waals surface area (Å²) in [5, 5.41) is 0. The first-order valence-corrected chi connectivity index (χ1v) is 5.67. The number of halogens is 1. The molecule has 88 valence electrons. The van der Waals surface area contributed by atoms with Gasteiger partial charge < -0.3 is 5.73 Å². The molecule has 1 unspecified atom stereocenters. The molecule has 2 heteroatoms. The highest BCUT2D eigenvalue weighted by atomic mass is 19.1. The molecule has 2 aromatic rings. The predicted molar refractivity (Wildman–Crippen MR) is 68.3 cm³/mol. The molecule has 0 aromatic heterocycles. The van der Waals surface area contributed by atoms with Crippen molar-refractivity contribution >= 4 is 0 Å². The highest BCUT2D eigenvalue weighted by Gasteiger charge is 2.14.